The maximum Gasteiger partial charge on any atom is 0.140 e. The van der Waals surface area contributed by atoms with Gasteiger partial charge in [-0.25, -0.2) is 4.98 Å². The number of fused-ring (bicyclic) bond motifs is 1. The van der Waals surface area contributed by atoms with Gasteiger partial charge in [0.2, 0.25) is 0 Å². The number of halogens is 1. The molecular weight excluding hydrogens is 366 g/mol. The number of nitrogens with one attached hydrogen (secondary N) is 1. The van der Waals surface area contributed by atoms with Crippen LogP contribution in [0.2, 0.25) is 5.02 Å². The first-order valence-electron chi connectivity index (χ1n) is 9.16. The number of aromatic nitrogens is 3. The third-order valence-corrected chi connectivity index (χ3v) is 5.29. The summed E-state index contributed by atoms with van der Waals surface area (Å²) in [5.74, 6) is 0.862. The fourth-order valence-corrected chi connectivity index (χ4v) is 3.79. The van der Waals surface area contributed by atoms with E-state index in [1.807, 2.05) is 42.5 Å². The average molecular weight is 384 g/mol. The molecule has 0 bridgehead atoms. The monoisotopic (exact) mass is 383 g/mol. The van der Waals surface area contributed by atoms with E-state index in [-0.39, 0.29) is 0 Å². The molecule has 0 aliphatic rings. The molecule has 0 aliphatic heterocycles. The Kier molecular flexibility index (Phi) is 4.03. The van der Waals surface area contributed by atoms with Gasteiger partial charge in [-0.15, -0.1) is 0 Å². The molecule has 0 amide bonds. The number of nitrogens with zero attached hydrogens (tertiary/aromatic N) is 2. The Morgan fingerprint density at radius 3 is 2.32 bits per heavy atom. The van der Waals surface area contributed by atoms with Crippen LogP contribution in [0.5, 0.6) is 0 Å². The molecule has 3 aromatic carbocycles. The maximum absolute atomic E-state index is 6.09. The van der Waals surface area contributed by atoms with Crippen molar-refractivity contribution in [1.29, 1.82) is 0 Å². The summed E-state index contributed by atoms with van der Waals surface area (Å²) in [7, 11) is 2.06. The first-order chi connectivity index (χ1) is 13.7. The van der Waals surface area contributed by atoms with Crippen molar-refractivity contribution in [3.05, 3.63) is 90.1 Å². The van der Waals surface area contributed by atoms with E-state index in [1.165, 1.54) is 10.9 Å². The van der Waals surface area contributed by atoms with Gasteiger partial charge in [-0.3, -0.25) is 0 Å². The van der Waals surface area contributed by atoms with Crippen LogP contribution in [0.15, 0.2) is 85.1 Å². The Balaban J connectivity index is 1.75. The van der Waals surface area contributed by atoms with Crippen LogP contribution in [0.3, 0.4) is 0 Å². The van der Waals surface area contributed by atoms with Crippen LogP contribution in [0.25, 0.3) is 44.8 Å². The second-order valence-electron chi connectivity index (χ2n) is 6.85. The normalized spacial score (nSPS) is 11.2. The highest BCUT2D eigenvalue weighted by Crippen LogP contribution is 2.36. The molecule has 5 rings (SSSR count). The second kappa shape index (κ2) is 6.70. The molecule has 0 atom stereocenters. The summed E-state index contributed by atoms with van der Waals surface area (Å²) in [5.41, 5.74) is 6.34. The lowest BCUT2D eigenvalue weighted by atomic mass is 10.1. The van der Waals surface area contributed by atoms with E-state index in [1.54, 1.807) is 0 Å². The largest absolute Gasteiger partial charge is 0.350 e. The minimum absolute atomic E-state index is 0.717. The molecule has 0 fully saturated rings. The van der Waals surface area contributed by atoms with Crippen LogP contribution in [-0.2, 0) is 7.05 Å². The number of para-hydroxylation sites is 1. The van der Waals surface area contributed by atoms with Crippen molar-refractivity contribution in [2.45, 2.75) is 0 Å². The number of aromatic amines is 1. The summed E-state index contributed by atoms with van der Waals surface area (Å²) in [6.45, 7) is 0. The van der Waals surface area contributed by atoms with Crippen molar-refractivity contribution in [1.82, 2.24) is 14.5 Å². The highest BCUT2D eigenvalue weighted by Gasteiger charge is 2.18. The zero-order valence-corrected chi connectivity index (χ0v) is 16.1. The Hall–Kier alpha value is -3.30. The molecule has 0 spiro atoms. The third kappa shape index (κ3) is 2.81. The number of imidazole rings is 1. The first kappa shape index (κ1) is 16.8. The smallest absolute Gasteiger partial charge is 0.140 e. The number of hydrogen-bond acceptors (Lipinski definition) is 1. The minimum atomic E-state index is 0.717. The van der Waals surface area contributed by atoms with Crippen molar-refractivity contribution >= 4 is 22.5 Å². The van der Waals surface area contributed by atoms with Crippen LogP contribution in [-0.4, -0.2) is 14.5 Å². The molecule has 1 N–H and O–H groups in total. The summed E-state index contributed by atoms with van der Waals surface area (Å²) >= 11 is 6.09. The number of aryl methyl sites for hydroxylation is 1. The quantitative estimate of drug-likeness (QED) is 0.376. The van der Waals surface area contributed by atoms with Gasteiger partial charge in [-0.2, -0.15) is 0 Å². The topological polar surface area (TPSA) is 33.6 Å². The lowest BCUT2D eigenvalue weighted by Gasteiger charge is -2.03. The van der Waals surface area contributed by atoms with Gasteiger partial charge in [-0.05, 0) is 18.2 Å². The molecule has 4 heteroatoms. The molecule has 2 heterocycles. The van der Waals surface area contributed by atoms with Gasteiger partial charge in [-0.1, -0.05) is 72.3 Å². The number of benzene rings is 3. The van der Waals surface area contributed by atoms with E-state index in [2.05, 4.69) is 59.2 Å². The molecule has 0 aliphatic carbocycles. The summed E-state index contributed by atoms with van der Waals surface area (Å²) in [6.07, 6.45) is 2.13. The summed E-state index contributed by atoms with van der Waals surface area (Å²) in [6, 6.07) is 26.5. The zero-order chi connectivity index (χ0) is 19.1. The predicted molar refractivity (Wildman–Crippen MR) is 116 cm³/mol. The molecular formula is C24H18ClN3. The fourth-order valence-electron chi connectivity index (χ4n) is 3.66. The molecule has 0 radical (unpaired) electrons. The van der Waals surface area contributed by atoms with Crippen LogP contribution < -0.4 is 0 Å². The fraction of sp³-hybridized carbons (Fsp3) is 0.0417. The maximum atomic E-state index is 6.09. The molecule has 136 valence electrons. The van der Waals surface area contributed by atoms with E-state index >= 15 is 0 Å². The van der Waals surface area contributed by atoms with Gasteiger partial charge in [0.1, 0.15) is 5.82 Å². The first-order valence-corrected chi connectivity index (χ1v) is 9.54. The SMILES string of the molecule is Cn1cc(-c2nc(-c3ccc(Cl)cc3)c(-c3ccccc3)[nH]2)c2ccccc21. The van der Waals surface area contributed by atoms with Crippen molar-refractivity contribution in [3.63, 3.8) is 0 Å². The zero-order valence-electron chi connectivity index (χ0n) is 15.4. The van der Waals surface area contributed by atoms with Gasteiger partial charge in [0.25, 0.3) is 0 Å². The Morgan fingerprint density at radius 1 is 0.821 bits per heavy atom. The molecule has 3 nitrogen and oxygen atoms in total. The van der Waals surface area contributed by atoms with Gasteiger partial charge in [0, 0.05) is 45.9 Å². The Morgan fingerprint density at radius 2 is 1.54 bits per heavy atom. The lowest BCUT2D eigenvalue weighted by molar-refractivity contribution is 0.969. The van der Waals surface area contributed by atoms with Crippen LogP contribution >= 0.6 is 11.6 Å². The van der Waals surface area contributed by atoms with Crippen molar-refractivity contribution < 1.29 is 0 Å². The van der Waals surface area contributed by atoms with E-state index in [0.29, 0.717) is 0 Å². The molecule has 28 heavy (non-hydrogen) atoms. The predicted octanol–water partition coefficient (Wildman–Crippen LogP) is 6.56. The summed E-state index contributed by atoms with van der Waals surface area (Å²) in [5, 5.41) is 1.90. The second-order valence-corrected chi connectivity index (χ2v) is 7.29. The highest BCUT2D eigenvalue weighted by atomic mass is 35.5. The van der Waals surface area contributed by atoms with Crippen LogP contribution in [0.4, 0.5) is 0 Å². The number of H-pyrrole nitrogens is 1. The standard InChI is InChI=1S/C24H18ClN3/c1-28-15-20(19-9-5-6-10-21(19)28)24-26-22(16-7-3-2-4-8-16)23(27-24)17-11-13-18(25)14-12-17/h2-15H,1H3,(H,26,27). The van der Waals surface area contributed by atoms with Gasteiger partial charge in [0.15, 0.2) is 0 Å². The van der Waals surface area contributed by atoms with Gasteiger partial charge < -0.3 is 9.55 Å². The molecule has 0 unspecified atom stereocenters. The number of hydrogen-bond donors (Lipinski definition) is 1. The van der Waals surface area contributed by atoms with E-state index in [0.717, 1.165) is 38.9 Å². The summed E-state index contributed by atoms with van der Waals surface area (Å²) < 4.78 is 2.14. The van der Waals surface area contributed by atoms with Crippen molar-refractivity contribution in [2.24, 2.45) is 7.05 Å². The molecule has 0 saturated heterocycles. The van der Waals surface area contributed by atoms with E-state index in [4.69, 9.17) is 16.6 Å². The van der Waals surface area contributed by atoms with E-state index in [9.17, 15) is 0 Å². The van der Waals surface area contributed by atoms with Crippen LogP contribution in [0.1, 0.15) is 0 Å². The van der Waals surface area contributed by atoms with Crippen molar-refractivity contribution in [2.75, 3.05) is 0 Å². The lowest BCUT2D eigenvalue weighted by Crippen LogP contribution is -1.83. The van der Waals surface area contributed by atoms with Gasteiger partial charge in [0.05, 0.1) is 11.4 Å². The molecule has 5 aromatic rings. The van der Waals surface area contributed by atoms with Crippen molar-refractivity contribution in [3.8, 4) is 33.9 Å². The minimum Gasteiger partial charge on any atom is -0.350 e. The highest BCUT2D eigenvalue weighted by molar-refractivity contribution is 6.30. The van der Waals surface area contributed by atoms with Gasteiger partial charge >= 0.3 is 0 Å². The third-order valence-electron chi connectivity index (χ3n) is 5.04. The Labute approximate surface area is 168 Å². The molecule has 0 saturated carbocycles. The van der Waals surface area contributed by atoms with Crippen LogP contribution in [0, 0.1) is 0 Å². The number of rotatable bonds is 3. The molecule has 2 aromatic heterocycles. The summed E-state index contributed by atoms with van der Waals surface area (Å²) in [4.78, 5) is 8.58. The Bertz CT molecular complexity index is 1260. The average Bonchev–Trinajstić information content (AvgIpc) is 3.31. The van der Waals surface area contributed by atoms with E-state index < -0.39 is 0 Å².